The lowest BCUT2D eigenvalue weighted by molar-refractivity contribution is 1.94. The Morgan fingerprint density at radius 3 is 0.0732 bits per heavy atom. The van der Waals surface area contributed by atoms with Gasteiger partial charge in [-0.25, -0.2) is 0 Å². The van der Waals surface area contributed by atoms with Gasteiger partial charge in [0.15, 0.2) is 0 Å². The van der Waals surface area contributed by atoms with Gasteiger partial charge in [0.25, 0.3) is 0 Å². The minimum absolute atomic E-state index is 0. The molecule has 0 spiro atoms. The van der Waals surface area contributed by atoms with Gasteiger partial charge in [-0.05, 0) is 69.2 Å². The van der Waals surface area contributed by atoms with Gasteiger partial charge in [-0.3, -0.25) is 0 Å². The molecule has 0 bridgehead atoms. The third kappa shape index (κ3) is 81200. The summed E-state index contributed by atoms with van der Waals surface area (Å²) in [6.07, 6.45) is 46.0. The summed E-state index contributed by atoms with van der Waals surface area (Å²) in [5.74, 6) is 22.5. The highest BCUT2D eigenvalue weighted by molar-refractivity contribution is 4.76. The fraction of sp³-hybridized carbons (Fsp3) is 0.837. The second-order valence-corrected chi connectivity index (χ2v) is 2.89. The maximum Gasteiger partial charge on any atom is 0 e. The van der Waals surface area contributed by atoms with Crippen molar-refractivity contribution in [3.05, 3.63) is 0 Å². The van der Waals surface area contributed by atoms with Crippen molar-refractivity contribution in [2.24, 2.45) is 0 Å². The molecule has 0 aromatic heterocycles. The summed E-state index contributed by atoms with van der Waals surface area (Å²) in [5.41, 5.74) is 0. The number of rotatable bonds is 0. The molecule has 0 N–H and O–H groups in total. The standard InChI is InChI=1S/10C3H4.93CH4.13H2/c10*1-3-2;;;;;;;;;;;;;;;;;;;;;;;;;;;;;;;;;;;;;;;;;;;;;;;;;;;;;;;;;;;;;;;;;;;;;;;;;;;;;;;;;;;;;;;;;;;;;;;;;;;;;;;;;;/h10*1H,2H3;93*1H4;13*1H/i;;;;;;;;;;;;;;;;;;;;;;;;;;;;;;;;;;;;;;;;;;;;;;;;;;;;;;;;;;;;;;;;;;;;;;;;;;;;;;;;;;;;;;;;;;;;;;;;;;;;;;;9*1+2T;4*1+2. The summed E-state index contributed by atoms with van der Waals surface area (Å²) in [4.78, 5) is 0. The minimum Gasteiger partial charge on any atom is -0.120 e. The molecule has 930 valence electrons. The van der Waals surface area contributed by atoms with Crippen LogP contribution in [-0.2, 0) is 0 Å². The van der Waals surface area contributed by atoms with Crippen LogP contribution < -0.4 is 0 Å². The Kier molecular flexibility index (Phi) is 1120000. The van der Waals surface area contributed by atoms with Crippen LogP contribution in [0.2, 0.25) is 0 Å². The lowest BCUT2D eigenvalue weighted by Gasteiger charge is -1.23. The monoisotopic (exact) mass is 1960 g/mol. The fourth-order valence-electron chi connectivity index (χ4n) is 0. The van der Waals surface area contributed by atoms with Crippen LogP contribution >= 0.6 is 0 Å². The normalized spacial score (nSPS) is 1.24. The van der Waals surface area contributed by atoms with E-state index in [-0.39, 0.29) is 696 Å². The van der Waals surface area contributed by atoms with Gasteiger partial charge in [-0.15, -0.1) is 123 Å². The average molecular weight is 1960 g/mol. The Morgan fingerprint density at radius 1 is 0.0732 bits per heavy atom. The number of terminal acetylenes is 10. The fourth-order valence-corrected chi connectivity index (χ4v) is 0. The molecule has 0 heteroatoms. The van der Waals surface area contributed by atoms with E-state index in [2.05, 4.69) is 123 Å². The topological polar surface area (TPSA) is 0 Å². The summed E-state index contributed by atoms with van der Waals surface area (Å²) >= 11 is 0. The van der Waals surface area contributed by atoms with Crippen molar-refractivity contribution < 1.29 is 32.4 Å². The molecule has 0 aliphatic carbocycles. The molecule has 0 aromatic rings. The Bertz CT molecular complexity index is 503. The highest BCUT2D eigenvalue weighted by atomic mass is 13.2. The zero-order chi connectivity index (χ0) is 45.1. The van der Waals surface area contributed by atoms with E-state index in [0.717, 1.165) is 0 Å². The van der Waals surface area contributed by atoms with Crippen LogP contribution in [0, 0.1) is 123 Å². The van der Waals surface area contributed by atoms with E-state index in [4.69, 9.17) is 26.7 Å². The molecule has 0 saturated heterocycles. The molecule has 0 fully saturated rings. The minimum atomic E-state index is 0. The van der Waals surface area contributed by atoms with Crippen LogP contribution in [0.3, 0.4) is 0 Å². The van der Waals surface area contributed by atoms with Crippen molar-refractivity contribution in [1.82, 2.24) is 0 Å². The molecule has 0 aromatic carbocycles. The first kappa shape index (κ1) is 2710. The van der Waals surface area contributed by atoms with Crippen LogP contribution in [0.25, 0.3) is 0 Å². The van der Waals surface area contributed by atoms with Crippen molar-refractivity contribution in [2.75, 3.05) is 0 Å². The largest absolute Gasteiger partial charge is 0.120 e. The van der Waals surface area contributed by atoms with Gasteiger partial charge in [0, 0.05) is 32.4 Å². The van der Waals surface area contributed by atoms with E-state index >= 15 is 0 Å². The van der Waals surface area contributed by atoms with Crippen LogP contribution in [0.15, 0.2) is 0 Å². The molecule has 0 rings (SSSR count). The molecule has 0 atom stereocenters. The summed E-state index contributed by atoms with van der Waals surface area (Å²) in [7, 11) is 0. The van der Waals surface area contributed by atoms with Crippen molar-refractivity contribution in [3.8, 4) is 123 Å². The Hall–Kier alpha value is -4.40. The van der Waals surface area contributed by atoms with Gasteiger partial charge in [0.05, 0.1) is 0 Å². The smallest absolute Gasteiger partial charge is 0 e. The molecule has 0 unspecified atom stereocenters. The number of hydrogen-bond acceptors (Lipinski definition) is 0. The summed E-state index contributed by atoms with van der Waals surface area (Å²) in [5, 5.41) is 0. The van der Waals surface area contributed by atoms with E-state index < -0.39 is 0 Å². The molecular formula is C123H438. The SMILES string of the molecule is C.C.C.C.C.C.C.C.C.C.C.C.C.C.C.C.C.C.C.C.C.C.C.C.C.C.C.C.C.C.C.C.C.C.C.C.C.C.C.C.C.C.C.C.C.C.C.C.C.C.C.C.C.C.C.C.C.C.C.C.C.C.C.C.C.C.C.C.C.C.C.C.C.C.C.C.C.C.C.C.C.C.C.C.C.C.C.C.C.C.C.C.C.C#CC.C#CC.C#CC.C#CC.C#CC.C#CC.C#CC.C#CC.C#CC.C#CC.[3HH].[3HH].[3HH].[3HH].[3H][3H].[3H][3H].[3H][3H].[3H][3H].[3H][3H].[3H][3H].[3H][3H].[3H][3H].[3H][3H]. The van der Waals surface area contributed by atoms with Crippen LogP contribution in [0.1, 0.15) is 792 Å². The average Bonchev–Trinajstić information content (AvgIpc) is 3.13. The first-order valence-electron chi connectivity index (χ1n) is 16.9. The molecule has 0 aliphatic rings. The highest BCUT2D eigenvalue weighted by Crippen LogP contribution is 1.24. The molecule has 0 radical (unpaired) electrons. The van der Waals surface area contributed by atoms with Gasteiger partial charge >= 0.3 is 0 Å². The second-order valence-electron chi connectivity index (χ2n) is 2.89. The Balaban J connectivity index is -0.000000000518. The molecular weight excluding hydrogens is 1480 g/mol. The van der Waals surface area contributed by atoms with E-state index in [1.165, 1.54) is 0 Å². The second kappa shape index (κ2) is 51000. The third-order valence-corrected chi connectivity index (χ3v) is 0. The zero-order valence-corrected chi connectivity index (χ0v) is 20.8. The van der Waals surface area contributed by atoms with Crippen molar-refractivity contribution in [2.45, 2.75) is 760 Å². The van der Waals surface area contributed by atoms with Gasteiger partial charge < -0.3 is 0 Å². The van der Waals surface area contributed by atoms with Crippen LogP contribution in [0.4, 0.5) is 0 Å². The van der Waals surface area contributed by atoms with Gasteiger partial charge in [0.2, 0.25) is 0 Å². The van der Waals surface area contributed by atoms with Crippen molar-refractivity contribution in [1.29, 1.82) is 0 Å². The lowest BCUT2D eigenvalue weighted by atomic mass is 10.9. The predicted octanol–water partition coefficient (Wildman–Crippen LogP) is 68.8. The molecule has 0 aliphatic heterocycles. The Morgan fingerprint density at radius 2 is 0.0732 bits per heavy atom. The van der Waals surface area contributed by atoms with Crippen molar-refractivity contribution >= 4 is 0 Å². The quantitative estimate of drug-likeness (QED) is 0.212. The molecule has 0 heterocycles. The summed E-state index contributed by atoms with van der Waals surface area (Å²) < 4.78 is 90.0. The van der Waals surface area contributed by atoms with E-state index in [1.54, 1.807) is 69.2 Å². The van der Waals surface area contributed by atoms with Crippen LogP contribution in [0.5, 0.6) is 0 Å². The molecule has 0 amide bonds. The van der Waals surface area contributed by atoms with E-state index in [9.17, 15) is 0 Å². The molecule has 123 heavy (non-hydrogen) atoms. The zero-order valence-electron chi connectivity index (χ0n) is 38.8. The predicted molar refractivity (Wildman–Crippen MR) is 799 cm³/mol. The summed E-state index contributed by atoms with van der Waals surface area (Å²) in [6.45, 7) is 16.5. The van der Waals surface area contributed by atoms with E-state index in [0.29, 0.717) is 0 Å². The van der Waals surface area contributed by atoms with Gasteiger partial charge in [-0.2, -0.15) is 0 Å². The first-order chi connectivity index (χ1) is 23.1. The first-order valence-corrected chi connectivity index (χ1v) is 7.89. The van der Waals surface area contributed by atoms with Gasteiger partial charge in [-0.1, -0.05) is 691 Å². The third-order valence-electron chi connectivity index (χ3n) is 0. The van der Waals surface area contributed by atoms with E-state index in [1.807, 2.05) is 0 Å². The maximum absolute atomic E-state index is 5.00. The summed E-state index contributed by atoms with van der Waals surface area (Å²) in [6, 6.07) is 0. The lowest BCUT2D eigenvalue weighted by Crippen LogP contribution is -1.10. The highest BCUT2D eigenvalue weighted by Gasteiger charge is 1.11. The van der Waals surface area contributed by atoms with Gasteiger partial charge in [0.1, 0.15) is 0 Å². The Labute approximate surface area is 912 Å². The molecule has 0 saturated carbocycles. The number of hydrogen-bond donors (Lipinski definition) is 0. The molecule has 0 nitrogen and oxygen atoms in total. The maximum atomic E-state index is 5.00. The van der Waals surface area contributed by atoms with Crippen molar-refractivity contribution in [3.63, 3.8) is 0 Å². The van der Waals surface area contributed by atoms with Crippen LogP contribution in [-0.4, -0.2) is 0 Å².